The second-order valence-electron chi connectivity index (χ2n) is 6.40. The van der Waals surface area contributed by atoms with Crippen LogP contribution in [0.2, 0.25) is 5.02 Å². The Morgan fingerprint density at radius 3 is 2.89 bits per heavy atom. The molecule has 2 N–H and O–H groups in total. The number of carbonyl (C=O) groups excluding carboxylic acids is 2. The molecular formula is C19H19ClFN3O4. The maximum atomic E-state index is 13.3. The number of hydrogen-bond acceptors (Lipinski definition) is 5. The molecule has 1 aliphatic rings. The Morgan fingerprint density at radius 1 is 1.39 bits per heavy atom. The van der Waals surface area contributed by atoms with Crippen molar-refractivity contribution < 1.29 is 23.2 Å². The van der Waals surface area contributed by atoms with E-state index in [-0.39, 0.29) is 35.7 Å². The molecule has 1 aliphatic carbocycles. The third-order valence-corrected chi connectivity index (χ3v) is 4.39. The number of hydrogen-bond donors (Lipinski definition) is 2. The summed E-state index contributed by atoms with van der Waals surface area (Å²) in [5, 5.41) is 8.97. The molecule has 0 spiro atoms. The van der Waals surface area contributed by atoms with Crippen LogP contribution in [-0.2, 0) is 4.79 Å². The predicted molar refractivity (Wildman–Crippen MR) is 99.6 cm³/mol. The van der Waals surface area contributed by atoms with Crippen LogP contribution in [-0.4, -0.2) is 30.1 Å². The molecule has 0 saturated heterocycles. The van der Waals surface area contributed by atoms with Crippen molar-refractivity contribution in [3.63, 3.8) is 0 Å². The highest BCUT2D eigenvalue weighted by atomic mass is 35.5. The first kappa shape index (κ1) is 19.9. The number of carbonyl (C=O) groups is 2. The van der Waals surface area contributed by atoms with E-state index in [1.807, 2.05) is 0 Å². The molecule has 28 heavy (non-hydrogen) atoms. The average molecular weight is 408 g/mol. The largest absolute Gasteiger partial charge is 0.484 e. The topological polar surface area (TPSA) is 93.5 Å². The molecule has 3 rings (SSSR count). The number of benzene rings is 1. The second kappa shape index (κ2) is 8.88. The van der Waals surface area contributed by atoms with Gasteiger partial charge in [0.25, 0.3) is 11.8 Å². The number of ether oxygens (including phenoxy) is 1. The van der Waals surface area contributed by atoms with Crippen LogP contribution in [0.15, 0.2) is 41.2 Å². The van der Waals surface area contributed by atoms with Gasteiger partial charge in [0, 0.05) is 30.6 Å². The Balaban J connectivity index is 1.36. The summed E-state index contributed by atoms with van der Waals surface area (Å²) in [6.07, 6.45) is 3.76. The molecule has 7 nitrogen and oxygen atoms in total. The van der Waals surface area contributed by atoms with Gasteiger partial charge < -0.3 is 19.9 Å². The van der Waals surface area contributed by atoms with E-state index in [0.29, 0.717) is 23.4 Å². The highest BCUT2D eigenvalue weighted by Crippen LogP contribution is 2.41. The molecule has 9 heteroatoms. The number of amides is 2. The van der Waals surface area contributed by atoms with Crippen molar-refractivity contribution in [1.82, 2.24) is 15.8 Å². The van der Waals surface area contributed by atoms with Crippen LogP contribution in [0.25, 0.3) is 0 Å². The first-order chi connectivity index (χ1) is 13.4. The summed E-state index contributed by atoms with van der Waals surface area (Å²) in [6, 6.07) is 3.90. The van der Waals surface area contributed by atoms with E-state index in [1.165, 1.54) is 18.3 Å². The van der Waals surface area contributed by atoms with Gasteiger partial charge in [-0.2, -0.15) is 0 Å². The fourth-order valence-electron chi connectivity index (χ4n) is 2.49. The van der Waals surface area contributed by atoms with E-state index in [9.17, 15) is 14.0 Å². The lowest BCUT2D eigenvalue weighted by molar-refractivity contribution is -0.122. The number of rotatable bonds is 9. The third kappa shape index (κ3) is 5.32. The maximum Gasteiger partial charge on any atom is 0.262 e. The number of nitrogens with one attached hydrogen (secondary N) is 2. The molecule has 2 amide bonds. The van der Waals surface area contributed by atoms with Crippen molar-refractivity contribution in [1.29, 1.82) is 0 Å². The molecule has 1 aromatic heterocycles. The molecule has 148 valence electrons. The van der Waals surface area contributed by atoms with Gasteiger partial charge in [-0.1, -0.05) is 23.3 Å². The summed E-state index contributed by atoms with van der Waals surface area (Å²) in [4.78, 5) is 24.0. The molecule has 0 aliphatic heterocycles. The molecule has 2 aromatic rings. The van der Waals surface area contributed by atoms with Crippen LogP contribution in [0.1, 0.15) is 41.3 Å². The monoisotopic (exact) mass is 407 g/mol. The molecular weight excluding hydrogens is 389 g/mol. The van der Waals surface area contributed by atoms with E-state index in [1.54, 1.807) is 0 Å². The Bertz CT molecular complexity index is 895. The van der Waals surface area contributed by atoms with Gasteiger partial charge in [-0.15, -0.1) is 0 Å². The fraction of sp³-hybridized carbons (Fsp3) is 0.316. The minimum Gasteiger partial charge on any atom is -0.484 e. The van der Waals surface area contributed by atoms with Crippen LogP contribution >= 0.6 is 11.6 Å². The highest BCUT2D eigenvalue weighted by Gasteiger charge is 2.32. The van der Waals surface area contributed by atoms with Gasteiger partial charge in [0.05, 0.1) is 11.2 Å². The first-order valence-electron chi connectivity index (χ1n) is 8.72. The Hall–Kier alpha value is -2.87. The second-order valence-corrected chi connectivity index (χ2v) is 6.81. The molecule has 1 saturated carbocycles. The molecule has 1 heterocycles. The highest BCUT2D eigenvalue weighted by molar-refractivity contribution is 6.30. The smallest absolute Gasteiger partial charge is 0.262 e. The van der Waals surface area contributed by atoms with Crippen molar-refractivity contribution in [3.8, 4) is 5.75 Å². The van der Waals surface area contributed by atoms with Gasteiger partial charge in [-0.3, -0.25) is 9.59 Å². The lowest BCUT2D eigenvalue weighted by Crippen LogP contribution is -2.31. The van der Waals surface area contributed by atoms with E-state index < -0.39 is 11.7 Å². The van der Waals surface area contributed by atoms with E-state index >= 15 is 0 Å². The van der Waals surface area contributed by atoms with Gasteiger partial charge in [0.15, 0.2) is 12.4 Å². The Morgan fingerprint density at radius 2 is 2.18 bits per heavy atom. The van der Waals surface area contributed by atoms with Crippen LogP contribution < -0.4 is 15.4 Å². The van der Waals surface area contributed by atoms with Crippen molar-refractivity contribution in [3.05, 3.63) is 58.8 Å². The van der Waals surface area contributed by atoms with Crippen molar-refractivity contribution in [2.45, 2.75) is 25.2 Å². The summed E-state index contributed by atoms with van der Waals surface area (Å²) in [5.74, 6) is -0.239. The van der Waals surface area contributed by atoms with Crippen LogP contribution in [0, 0.1) is 5.82 Å². The zero-order chi connectivity index (χ0) is 20.1. The van der Waals surface area contributed by atoms with Gasteiger partial charge in [-0.25, -0.2) is 4.39 Å². The van der Waals surface area contributed by atoms with Gasteiger partial charge in [0.1, 0.15) is 17.1 Å². The minimum absolute atomic E-state index is 0.0253. The van der Waals surface area contributed by atoms with E-state index in [0.717, 1.165) is 18.9 Å². The molecule has 1 aromatic carbocycles. The average Bonchev–Trinajstić information content (AvgIpc) is 3.39. The SMILES string of the molecule is C=C(CCNC(=O)c1cnoc1C1CC1)NC(=O)COc1ccc(Cl)c(F)c1. The third-order valence-electron chi connectivity index (χ3n) is 4.08. The summed E-state index contributed by atoms with van der Waals surface area (Å²) in [7, 11) is 0. The van der Waals surface area contributed by atoms with Gasteiger partial charge in [0.2, 0.25) is 0 Å². The maximum absolute atomic E-state index is 13.3. The number of aromatic nitrogens is 1. The van der Waals surface area contributed by atoms with E-state index in [2.05, 4.69) is 22.4 Å². The Labute approximate surface area is 165 Å². The minimum atomic E-state index is -0.627. The summed E-state index contributed by atoms with van der Waals surface area (Å²) >= 11 is 5.58. The fourth-order valence-corrected chi connectivity index (χ4v) is 2.61. The molecule has 1 fully saturated rings. The lowest BCUT2D eigenvalue weighted by atomic mass is 10.2. The summed E-state index contributed by atoms with van der Waals surface area (Å²) in [6.45, 7) is 3.72. The van der Waals surface area contributed by atoms with E-state index in [4.69, 9.17) is 20.9 Å². The molecule has 0 unspecified atom stereocenters. The normalized spacial score (nSPS) is 13.1. The van der Waals surface area contributed by atoms with Crippen molar-refractivity contribution in [2.24, 2.45) is 0 Å². The quantitative estimate of drug-likeness (QED) is 0.666. The van der Waals surface area contributed by atoms with Crippen LogP contribution in [0.3, 0.4) is 0 Å². The van der Waals surface area contributed by atoms with Gasteiger partial charge >= 0.3 is 0 Å². The summed E-state index contributed by atoms with van der Waals surface area (Å²) in [5.41, 5.74) is 0.865. The zero-order valence-electron chi connectivity index (χ0n) is 15.0. The Kier molecular flexibility index (Phi) is 6.30. The van der Waals surface area contributed by atoms with Gasteiger partial charge in [-0.05, 0) is 25.0 Å². The number of halogens is 2. The molecule has 0 atom stereocenters. The van der Waals surface area contributed by atoms with Crippen LogP contribution in [0.5, 0.6) is 5.75 Å². The zero-order valence-corrected chi connectivity index (χ0v) is 15.7. The first-order valence-corrected chi connectivity index (χ1v) is 9.10. The van der Waals surface area contributed by atoms with Crippen molar-refractivity contribution in [2.75, 3.05) is 13.2 Å². The lowest BCUT2D eigenvalue weighted by Gasteiger charge is -2.10. The van der Waals surface area contributed by atoms with Crippen molar-refractivity contribution >= 4 is 23.4 Å². The number of nitrogens with zero attached hydrogens (tertiary/aromatic N) is 1. The summed E-state index contributed by atoms with van der Waals surface area (Å²) < 4.78 is 23.7. The van der Waals surface area contributed by atoms with Crippen LogP contribution in [0.4, 0.5) is 4.39 Å². The molecule has 0 radical (unpaired) electrons. The predicted octanol–water partition coefficient (Wildman–Crippen LogP) is 3.17. The standard InChI is InChI=1S/C19H19ClFN3O4/c1-11(24-17(25)10-27-13-4-5-15(20)16(21)8-13)6-7-22-19(26)14-9-23-28-18(14)12-2-3-12/h4-5,8-9,12H,1-3,6-7,10H2,(H,22,26)(H,24,25). The molecule has 0 bridgehead atoms.